The number of methoxy groups -OCH3 is 1. The van der Waals surface area contributed by atoms with Crippen molar-refractivity contribution >= 4 is 6.03 Å². The number of primary amides is 1. The van der Waals surface area contributed by atoms with Crippen molar-refractivity contribution < 1.29 is 14.7 Å². The molecule has 92 valence electrons. The first-order valence-electron chi connectivity index (χ1n) is 5.51. The zero-order chi connectivity index (χ0) is 12.4. The van der Waals surface area contributed by atoms with Crippen LogP contribution in [0.5, 0.6) is 5.75 Å². The smallest absolute Gasteiger partial charge is 0.338 e. The number of rotatable bonds is 4. The van der Waals surface area contributed by atoms with Gasteiger partial charge in [-0.3, -0.25) is 5.21 Å². The van der Waals surface area contributed by atoms with Gasteiger partial charge in [0.05, 0.1) is 13.7 Å². The molecule has 1 aromatic rings. The maximum atomic E-state index is 10.7. The molecular weight excluding hydrogens is 220 g/mol. The Bertz CT molecular complexity index is 405. The lowest BCUT2D eigenvalue weighted by molar-refractivity contribution is -0.0431. The molecule has 1 saturated carbocycles. The van der Waals surface area contributed by atoms with E-state index in [4.69, 9.17) is 10.5 Å². The minimum atomic E-state index is -0.801. The molecule has 0 aromatic heterocycles. The molecule has 0 bridgehead atoms. The number of hydrogen-bond acceptors (Lipinski definition) is 3. The van der Waals surface area contributed by atoms with Gasteiger partial charge in [0, 0.05) is 0 Å². The van der Waals surface area contributed by atoms with Crippen molar-refractivity contribution in [2.24, 2.45) is 11.7 Å². The summed E-state index contributed by atoms with van der Waals surface area (Å²) in [5, 5.41) is 9.80. The Hall–Kier alpha value is -1.75. The predicted octanol–water partition coefficient (Wildman–Crippen LogP) is 1.57. The molecular formula is C12H16N2O3. The van der Waals surface area contributed by atoms with Crippen molar-refractivity contribution in [3.05, 3.63) is 29.8 Å². The maximum Gasteiger partial charge on any atom is 0.338 e. The Morgan fingerprint density at radius 3 is 2.71 bits per heavy atom. The van der Waals surface area contributed by atoms with E-state index in [2.05, 4.69) is 0 Å². The maximum absolute atomic E-state index is 10.7. The van der Waals surface area contributed by atoms with E-state index in [1.165, 1.54) is 5.56 Å². The van der Waals surface area contributed by atoms with Gasteiger partial charge >= 0.3 is 6.03 Å². The van der Waals surface area contributed by atoms with Crippen LogP contribution < -0.4 is 10.5 Å². The fourth-order valence-electron chi connectivity index (χ4n) is 2.02. The first kappa shape index (κ1) is 11.7. The summed E-state index contributed by atoms with van der Waals surface area (Å²) in [5.74, 6) is 1.52. The molecule has 1 aliphatic rings. The quantitative estimate of drug-likeness (QED) is 0.615. The number of amides is 2. The highest BCUT2D eigenvalue weighted by Gasteiger charge is 2.39. The van der Waals surface area contributed by atoms with Crippen LogP contribution >= 0.6 is 0 Å². The molecule has 1 aromatic carbocycles. The second-order valence-electron chi connectivity index (χ2n) is 4.30. The molecule has 0 radical (unpaired) electrons. The molecule has 2 rings (SSSR count). The number of ether oxygens (including phenoxy) is 1. The van der Waals surface area contributed by atoms with Crippen LogP contribution in [0, 0.1) is 5.92 Å². The van der Waals surface area contributed by atoms with Crippen molar-refractivity contribution in [2.45, 2.75) is 12.3 Å². The fraction of sp³-hybridized carbons (Fsp3) is 0.417. The Labute approximate surface area is 99.7 Å². The number of urea groups is 1. The van der Waals surface area contributed by atoms with Crippen molar-refractivity contribution in [3.63, 3.8) is 0 Å². The fourth-order valence-corrected chi connectivity index (χ4v) is 2.02. The third-order valence-electron chi connectivity index (χ3n) is 3.13. The molecule has 5 heteroatoms. The molecule has 0 aliphatic heterocycles. The molecule has 1 aliphatic carbocycles. The first-order valence-corrected chi connectivity index (χ1v) is 5.51. The van der Waals surface area contributed by atoms with Crippen LogP contribution in [0.3, 0.4) is 0 Å². The average Bonchev–Trinajstić information content (AvgIpc) is 3.08. The SMILES string of the molecule is COc1ccc([C@@H]2C[C@H]2CN(O)C(N)=O)cc1. The lowest BCUT2D eigenvalue weighted by Crippen LogP contribution is -2.34. The van der Waals surface area contributed by atoms with Crippen LogP contribution in [-0.4, -0.2) is 30.0 Å². The number of nitrogens with two attached hydrogens (primary N) is 1. The number of hydroxylamine groups is 2. The summed E-state index contributed by atoms with van der Waals surface area (Å²) in [7, 11) is 1.63. The van der Waals surface area contributed by atoms with Crippen LogP contribution in [0.1, 0.15) is 17.9 Å². The monoisotopic (exact) mass is 236 g/mol. The first-order chi connectivity index (χ1) is 8.11. The highest BCUT2D eigenvalue weighted by Crippen LogP contribution is 2.47. The van der Waals surface area contributed by atoms with E-state index in [9.17, 15) is 10.0 Å². The third kappa shape index (κ3) is 2.68. The summed E-state index contributed by atoms with van der Waals surface area (Å²) in [5.41, 5.74) is 6.16. The largest absolute Gasteiger partial charge is 0.497 e. The molecule has 0 saturated heterocycles. The number of hydrogen-bond donors (Lipinski definition) is 2. The summed E-state index contributed by atoms with van der Waals surface area (Å²) in [6.07, 6.45) is 0.969. The van der Waals surface area contributed by atoms with E-state index < -0.39 is 6.03 Å². The lowest BCUT2D eigenvalue weighted by Gasteiger charge is -2.11. The van der Waals surface area contributed by atoms with Gasteiger partial charge in [0.2, 0.25) is 0 Å². The number of carbonyl (C=O) groups excluding carboxylic acids is 1. The van der Waals surface area contributed by atoms with Crippen molar-refractivity contribution in [1.29, 1.82) is 0 Å². The minimum Gasteiger partial charge on any atom is -0.497 e. The lowest BCUT2D eigenvalue weighted by atomic mass is 10.1. The molecule has 0 unspecified atom stereocenters. The summed E-state index contributed by atoms with van der Waals surface area (Å²) < 4.78 is 5.08. The van der Waals surface area contributed by atoms with Gasteiger partial charge < -0.3 is 10.5 Å². The third-order valence-corrected chi connectivity index (χ3v) is 3.13. The molecule has 0 spiro atoms. The number of benzene rings is 1. The average molecular weight is 236 g/mol. The summed E-state index contributed by atoms with van der Waals surface area (Å²) >= 11 is 0. The van der Waals surface area contributed by atoms with E-state index in [1.54, 1.807) is 7.11 Å². The van der Waals surface area contributed by atoms with E-state index in [0.29, 0.717) is 23.4 Å². The van der Waals surface area contributed by atoms with Crippen molar-refractivity contribution in [2.75, 3.05) is 13.7 Å². The molecule has 3 N–H and O–H groups in total. The van der Waals surface area contributed by atoms with Crippen molar-refractivity contribution in [1.82, 2.24) is 5.06 Å². The van der Waals surface area contributed by atoms with Gasteiger partial charge in [-0.15, -0.1) is 0 Å². The van der Waals surface area contributed by atoms with Crippen LogP contribution in [0.2, 0.25) is 0 Å². The van der Waals surface area contributed by atoms with E-state index in [1.807, 2.05) is 24.3 Å². The van der Waals surface area contributed by atoms with Gasteiger partial charge in [-0.2, -0.15) is 0 Å². The van der Waals surface area contributed by atoms with Crippen molar-refractivity contribution in [3.8, 4) is 5.75 Å². The molecule has 17 heavy (non-hydrogen) atoms. The second kappa shape index (κ2) is 4.63. The van der Waals surface area contributed by atoms with Crippen LogP contribution in [-0.2, 0) is 0 Å². The standard InChI is InChI=1S/C12H16N2O3/c1-17-10-4-2-8(3-5-10)11-6-9(11)7-14(16)12(13)15/h2-5,9,11,16H,6-7H2,1H3,(H2,13,15)/t9-,11-/m0/s1. The molecule has 2 atom stereocenters. The Balaban J connectivity index is 1.91. The highest BCUT2D eigenvalue weighted by molar-refractivity contribution is 5.70. The van der Waals surface area contributed by atoms with Gasteiger partial charge in [-0.1, -0.05) is 12.1 Å². The van der Waals surface area contributed by atoms with Crippen LogP contribution in [0.25, 0.3) is 0 Å². The summed E-state index contributed by atoms with van der Waals surface area (Å²) in [6.45, 7) is 0.298. The molecule has 2 amide bonds. The van der Waals surface area contributed by atoms with Crippen LogP contribution in [0.15, 0.2) is 24.3 Å². The van der Waals surface area contributed by atoms with Gasteiger partial charge in [-0.05, 0) is 36.0 Å². The van der Waals surface area contributed by atoms with Gasteiger partial charge in [-0.25, -0.2) is 9.86 Å². The van der Waals surface area contributed by atoms with Gasteiger partial charge in [0.15, 0.2) is 0 Å². The Morgan fingerprint density at radius 2 is 2.18 bits per heavy atom. The van der Waals surface area contributed by atoms with Gasteiger partial charge in [0.1, 0.15) is 5.75 Å². The molecule has 5 nitrogen and oxygen atoms in total. The van der Waals surface area contributed by atoms with Crippen LogP contribution in [0.4, 0.5) is 4.79 Å². The Morgan fingerprint density at radius 1 is 1.53 bits per heavy atom. The van der Waals surface area contributed by atoms with E-state index in [0.717, 1.165) is 12.2 Å². The zero-order valence-corrected chi connectivity index (χ0v) is 9.67. The topological polar surface area (TPSA) is 75.8 Å². The van der Waals surface area contributed by atoms with Gasteiger partial charge in [0.25, 0.3) is 0 Å². The van der Waals surface area contributed by atoms with E-state index in [-0.39, 0.29) is 0 Å². The van der Waals surface area contributed by atoms with E-state index >= 15 is 0 Å². The predicted molar refractivity (Wildman–Crippen MR) is 61.9 cm³/mol. The number of carbonyl (C=O) groups is 1. The minimum absolute atomic E-state index is 0.292. The molecule has 0 heterocycles. The highest BCUT2D eigenvalue weighted by atomic mass is 16.5. The summed E-state index contributed by atoms with van der Waals surface area (Å²) in [6, 6.07) is 7.04. The second-order valence-corrected chi connectivity index (χ2v) is 4.30. The molecule has 1 fully saturated rings. The zero-order valence-electron chi connectivity index (χ0n) is 9.67. The number of nitrogens with zero attached hydrogens (tertiary/aromatic N) is 1. The Kier molecular flexibility index (Phi) is 3.19. The summed E-state index contributed by atoms with van der Waals surface area (Å²) in [4.78, 5) is 10.7. The normalized spacial score (nSPS) is 22.0.